The summed E-state index contributed by atoms with van der Waals surface area (Å²) in [4.78, 5) is 27.0. The molecule has 0 spiro atoms. The number of hydrogen-bond acceptors (Lipinski definition) is 14. The molecule has 3 heterocycles. The lowest BCUT2D eigenvalue weighted by atomic mass is 10.1. The Bertz CT molecular complexity index is 1380. The number of rotatable bonds is 14. The van der Waals surface area contributed by atoms with E-state index in [1.807, 2.05) is 74.0 Å². The molecule has 0 radical (unpaired) electrons. The summed E-state index contributed by atoms with van der Waals surface area (Å²) < 4.78 is 24.4. The first-order valence-corrected chi connectivity index (χ1v) is 16.7. The highest BCUT2D eigenvalue weighted by atomic mass is 32.2. The van der Waals surface area contributed by atoms with Gasteiger partial charge in [-0.1, -0.05) is 67.4 Å². The summed E-state index contributed by atoms with van der Waals surface area (Å²) in [5, 5.41) is 8.38. The van der Waals surface area contributed by atoms with Crippen LogP contribution in [0.3, 0.4) is 0 Å². The number of nitrogens with two attached hydrogens (primary N) is 1. The number of carbonyl (C=O) groups excluding carboxylic acids is 1. The average molecular weight is 643 g/mol. The number of ether oxygens (including phenoxy) is 2. The minimum atomic E-state index is -1.70. The first-order chi connectivity index (χ1) is 21.3. The van der Waals surface area contributed by atoms with E-state index in [0.29, 0.717) is 24.1 Å². The lowest BCUT2D eigenvalue weighted by Crippen LogP contribution is -2.39. The molecule has 3 aromatic rings. The highest BCUT2D eigenvalue weighted by Crippen LogP contribution is 2.43. The van der Waals surface area contributed by atoms with Crippen LogP contribution in [0.2, 0.25) is 0 Å². The molecule has 2 aliphatic heterocycles. The van der Waals surface area contributed by atoms with Gasteiger partial charge in [-0.05, 0) is 37.3 Å². The highest BCUT2D eigenvalue weighted by molar-refractivity contribution is 7.96. The Balaban J connectivity index is 1.21. The number of fused-ring (bicyclic) bond motifs is 1. The van der Waals surface area contributed by atoms with Crippen LogP contribution in [0.15, 0.2) is 60.7 Å². The Morgan fingerprint density at radius 3 is 2.68 bits per heavy atom. The smallest absolute Gasteiger partial charge is 0.323 e. The third kappa shape index (κ3) is 8.00. The Morgan fingerprint density at radius 1 is 1.23 bits per heavy atom. The van der Waals surface area contributed by atoms with Gasteiger partial charge in [0.15, 0.2) is 11.6 Å². The number of nitrogens with one attached hydrogen (secondary N) is 3. The number of aromatic nitrogens is 2. The van der Waals surface area contributed by atoms with E-state index in [2.05, 4.69) is 37.0 Å². The van der Waals surface area contributed by atoms with Crippen molar-refractivity contribution in [2.45, 2.75) is 45.2 Å². The topological polar surface area (TPSA) is 148 Å². The van der Waals surface area contributed by atoms with Crippen molar-refractivity contribution < 1.29 is 23.3 Å². The minimum Gasteiger partial charge on any atom is -0.460 e. The molecule has 1 saturated heterocycles. The van der Waals surface area contributed by atoms with Crippen LogP contribution in [-0.2, 0) is 25.4 Å². The van der Waals surface area contributed by atoms with Gasteiger partial charge in [0, 0.05) is 13.0 Å². The number of hydrogen-bond donors (Lipinski definition) is 4. The molecule has 15 heteroatoms. The number of nitrogen functional groups attached to an aromatic ring is 1. The molecule has 5 N–H and O–H groups in total. The summed E-state index contributed by atoms with van der Waals surface area (Å²) in [6.07, 6.45) is 2.24. The maximum Gasteiger partial charge on any atom is 0.323 e. The van der Waals surface area contributed by atoms with Gasteiger partial charge >= 0.3 is 14.5 Å². The average Bonchev–Trinajstić information content (AvgIpc) is 3.61. The molecule has 0 aliphatic carbocycles. The van der Waals surface area contributed by atoms with Gasteiger partial charge < -0.3 is 34.5 Å². The summed E-state index contributed by atoms with van der Waals surface area (Å²) in [7, 11) is 0.175. The lowest BCUT2D eigenvalue weighted by Gasteiger charge is -2.28. The third-order valence-electron chi connectivity index (χ3n) is 7.08. The van der Waals surface area contributed by atoms with Crippen LogP contribution in [0.1, 0.15) is 25.8 Å². The van der Waals surface area contributed by atoms with Crippen molar-refractivity contribution in [3.8, 4) is 5.75 Å². The zero-order valence-corrected chi connectivity index (χ0v) is 26.9. The molecule has 1 fully saturated rings. The zero-order chi connectivity index (χ0) is 31.1. The molecule has 44 heavy (non-hydrogen) atoms. The molecule has 5 atom stereocenters. The number of anilines is 4. The van der Waals surface area contributed by atoms with Crippen molar-refractivity contribution in [2.75, 3.05) is 47.5 Å². The van der Waals surface area contributed by atoms with E-state index in [4.69, 9.17) is 24.3 Å². The standard InChI is InChI=1S/C29H39N8O5PS/c1-19-15-23(41-27(19)37-18-31-24-25(36(3)35-44-4)32-29(30)33-26(24)37)17-40-43(42-22-13-9-6-10-14-22)34-20(2)28(38)39-16-21-11-7-5-8-12-21/h5-14,19-20,23,27,31,34-35H,15-18H2,1-4H3,(H2,30,32,33). The molecule has 5 unspecified atom stereocenters. The second-order valence-corrected chi connectivity index (χ2v) is 12.3. The van der Waals surface area contributed by atoms with Crippen molar-refractivity contribution in [1.29, 1.82) is 0 Å². The monoisotopic (exact) mass is 642 g/mol. The van der Waals surface area contributed by atoms with Gasteiger partial charge in [-0.2, -0.15) is 14.8 Å². The Morgan fingerprint density at radius 2 is 1.95 bits per heavy atom. The third-order valence-corrected chi connectivity index (χ3v) is 8.89. The summed E-state index contributed by atoms with van der Waals surface area (Å²) in [6, 6.07) is 18.3. The SMILES string of the molecule is CSNN(C)c1nc(N)nc2c1NCN2C1OC(COP(NC(C)C(=O)OCc2ccccc2)Oc2ccccc2)CC1C. The maximum absolute atomic E-state index is 12.8. The maximum atomic E-state index is 12.8. The molecular formula is C29H39N8O5PS. The number of hydrazine groups is 1. The van der Waals surface area contributed by atoms with Crippen molar-refractivity contribution in [2.24, 2.45) is 5.92 Å². The zero-order valence-electron chi connectivity index (χ0n) is 25.2. The van der Waals surface area contributed by atoms with Crippen LogP contribution >= 0.6 is 20.5 Å². The van der Waals surface area contributed by atoms with Gasteiger partial charge in [0.05, 0.1) is 19.4 Å². The van der Waals surface area contributed by atoms with E-state index in [-0.39, 0.29) is 37.4 Å². The van der Waals surface area contributed by atoms with Gasteiger partial charge in [0.25, 0.3) is 0 Å². The van der Waals surface area contributed by atoms with Crippen molar-refractivity contribution in [1.82, 2.24) is 19.9 Å². The van der Waals surface area contributed by atoms with E-state index in [1.54, 1.807) is 11.9 Å². The van der Waals surface area contributed by atoms with E-state index in [0.717, 1.165) is 17.7 Å². The first-order valence-electron chi connectivity index (χ1n) is 14.3. The molecular weight excluding hydrogens is 603 g/mol. The quantitative estimate of drug-likeness (QED) is 0.0859. The molecule has 0 amide bonds. The van der Waals surface area contributed by atoms with Crippen molar-refractivity contribution >= 4 is 49.7 Å². The normalized spacial score (nSPS) is 20.5. The number of benzene rings is 2. The summed E-state index contributed by atoms with van der Waals surface area (Å²) in [5.41, 5.74) is 7.80. The van der Waals surface area contributed by atoms with E-state index >= 15 is 0 Å². The molecule has 236 valence electrons. The molecule has 0 bridgehead atoms. The van der Waals surface area contributed by atoms with Gasteiger partial charge in [-0.25, -0.2) is 5.09 Å². The minimum absolute atomic E-state index is 0.180. The molecule has 1 aromatic heterocycles. The number of esters is 1. The molecule has 2 aromatic carbocycles. The van der Waals surface area contributed by atoms with Crippen LogP contribution in [0.5, 0.6) is 5.75 Å². The van der Waals surface area contributed by atoms with Crippen LogP contribution in [0.25, 0.3) is 0 Å². The Kier molecular flexibility index (Phi) is 11.0. The summed E-state index contributed by atoms with van der Waals surface area (Å²) in [6.45, 7) is 4.84. The fourth-order valence-electron chi connectivity index (χ4n) is 4.98. The van der Waals surface area contributed by atoms with E-state index < -0.39 is 20.5 Å². The van der Waals surface area contributed by atoms with Gasteiger partial charge in [-0.15, -0.1) is 0 Å². The van der Waals surface area contributed by atoms with E-state index in [1.165, 1.54) is 11.9 Å². The molecule has 2 aliphatic rings. The number of para-hydroxylation sites is 1. The summed E-state index contributed by atoms with van der Waals surface area (Å²) in [5.74, 6) is 1.94. The second-order valence-electron chi connectivity index (χ2n) is 10.5. The highest BCUT2D eigenvalue weighted by Gasteiger charge is 2.41. The van der Waals surface area contributed by atoms with Gasteiger partial charge in [0.1, 0.15) is 30.3 Å². The molecule has 5 rings (SSSR count). The molecule has 13 nitrogen and oxygen atoms in total. The van der Waals surface area contributed by atoms with Crippen LogP contribution < -0.4 is 35.4 Å². The Hall–Kier alpha value is -3.39. The van der Waals surface area contributed by atoms with Gasteiger partial charge in [-0.3, -0.25) is 9.80 Å². The fraction of sp³-hybridized carbons (Fsp3) is 0.414. The van der Waals surface area contributed by atoms with E-state index in [9.17, 15) is 4.79 Å². The summed E-state index contributed by atoms with van der Waals surface area (Å²) >= 11 is 1.45. The van der Waals surface area contributed by atoms with Gasteiger partial charge in [0.2, 0.25) is 5.95 Å². The largest absolute Gasteiger partial charge is 0.460 e. The van der Waals surface area contributed by atoms with Crippen molar-refractivity contribution in [3.05, 3.63) is 66.2 Å². The number of nitrogens with zero attached hydrogens (tertiary/aromatic N) is 4. The second kappa shape index (κ2) is 15.1. The predicted octanol–water partition coefficient (Wildman–Crippen LogP) is 4.26. The predicted molar refractivity (Wildman–Crippen MR) is 174 cm³/mol. The Labute approximate surface area is 263 Å². The fourth-order valence-corrected chi connectivity index (χ4v) is 6.56. The lowest BCUT2D eigenvalue weighted by molar-refractivity contribution is -0.146. The van der Waals surface area contributed by atoms with Crippen LogP contribution in [0.4, 0.5) is 23.3 Å². The van der Waals surface area contributed by atoms with Crippen molar-refractivity contribution in [3.63, 3.8) is 0 Å². The van der Waals surface area contributed by atoms with Crippen LogP contribution in [-0.4, -0.2) is 60.9 Å². The number of carbonyl (C=O) groups is 1. The molecule has 0 saturated carbocycles. The first kappa shape index (κ1) is 32.0. The van der Waals surface area contributed by atoms with Crippen LogP contribution in [0, 0.1) is 5.92 Å².